The summed E-state index contributed by atoms with van der Waals surface area (Å²) in [5.74, 6) is -5.33. The van der Waals surface area contributed by atoms with Crippen LogP contribution in [0.15, 0.2) is 84.4 Å². The highest BCUT2D eigenvalue weighted by Gasteiger charge is 2.76. The number of alkyl halides is 2. The number of fused-ring (bicyclic) bond motifs is 4. The summed E-state index contributed by atoms with van der Waals surface area (Å²) in [4.78, 5) is 53.5. The molecular weight excluding hydrogens is 625 g/mol. The number of carbonyl (C=O) groups is 4. The van der Waals surface area contributed by atoms with Gasteiger partial charge >= 0.3 is 0 Å². The first kappa shape index (κ1) is 28.9. The number of amides is 4. The molecular formula is C33H26Cl3N3O5. The van der Waals surface area contributed by atoms with Gasteiger partial charge in [-0.2, -0.15) is 0 Å². The molecule has 0 radical (unpaired) electrons. The molecule has 3 aromatic rings. The van der Waals surface area contributed by atoms with E-state index in [1.54, 1.807) is 30.3 Å². The molecule has 44 heavy (non-hydrogen) atoms. The largest absolute Gasteiger partial charge is 0.508 e. The monoisotopic (exact) mass is 649 g/mol. The number of anilines is 3. The average molecular weight is 651 g/mol. The maximum absolute atomic E-state index is 14.2. The minimum Gasteiger partial charge on any atom is -0.508 e. The van der Waals surface area contributed by atoms with Gasteiger partial charge in [0.1, 0.15) is 5.75 Å². The highest BCUT2D eigenvalue weighted by molar-refractivity contribution is 6.53. The summed E-state index contributed by atoms with van der Waals surface area (Å²) < 4.78 is 0. The number of para-hydroxylation sites is 1. The highest BCUT2D eigenvalue weighted by Crippen LogP contribution is 2.66. The predicted octanol–water partition coefficient (Wildman–Crippen LogP) is 5.98. The van der Waals surface area contributed by atoms with Crippen molar-refractivity contribution in [1.82, 2.24) is 4.90 Å². The van der Waals surface area contributed by atoms with Crippen LogP contribution in [0.5, 0.6) is 5.75 Å². The molecule has 0 bridgehead atoms. The summed E-state index contributed by atoms with van der Waals surface area (Å²) >= 11 is 21.0. The molecule has 2 heterocycles. The average Bonchev–Trinajstić information content (AvgIpc) is 3.33. The van der Waals surface area contributed by atoms with Crippen LogP contribution >= 0.6 is 34.8 Å². The molecule has 3 fully saturated rings. The predicted molar refractivity (Wildman–Crippen MR) is 167 cm³/mol. The molecule has 11 heteroatoms. The molecule has 4 aliphatic rings. The zero-order valence-corrected chi connectivity index (χ0v) is 25.6. The second kappa shape index (κ2) is 10.1. The van der Waals surface area contributed by atoms with Gasteiger partial charge in [-0.05, 0) is 72.9 Å². The SMILES string of the molecule is CN1C(=O)C2(Cl)CC3C(=CCC4C(=O)N(c5ccc(Nc6ccccc6)cc5)C(=O)C43)C(c3ccc(O)cc3Cl)C2(Cl)C1=O. The Morgan fingerprint density at radius 3 is 2.23 bits per heavy atom. The fourth-order valence-electron chi connectivity index (χ4n) is 7.48. The Morgan fingerprint density at radius 2 is 1.55 bits per heavy atom. The van der Waals surface area contributed by atoms with Crippen molar-refractivity contribution in [3.63, 3.8) is 0 Å². The lowest BCUT2D eigenvalue weighted by Gasteiger charge is -2.51. The van der Waals surface area contributed by atoms with Crippen LogP contribution in [0.4, 0.5) is 17.1 Å². The van der Waals surface area contributed by atoms with Crippen molar-refractivity contribution in [2.45, 2.75) is 28.5 Å². The first-order valence-electron chi connectivity index (χ1n) is 14.2. The Labute approximate surface area is 268 Å². The summed E-state index contributed by atoms with van der Waals surface area (Å²) in [5, 5.41) is 13.5. The van der Waals surface area contributed by atoms with Crippen molar-refractivity contribution in [2.24, 2.45) is 17.8 Å². The van der Waals surface area contributed by atoms with E-state index in [0.29, 0.717) is 16.8 Å². The Kier molecular flexibility index (Phi) is 6.63. The molecule has 4 amide bonds. The summed E-state index contributed by atoms with van der Waals surface area (Å²) in [6.07, 6.45) is 1.97. The van der Waals surface area contributed by atoms with Gasteiger partial charge in [0.05, 0.1) is 17.5 Å². The third-order valence-electron chi connectivity index (χ3n) is 9.50. The van der Waals surface area contributed by atoms with Crippen molar-refractivity contribution in [3.05, 3.63) is 95.0 Å². The standard InChI is InChI=1S/C33H26Cl3N3O5/c1-38-30(43)32(35)16-24-21(27(33(32,36)31(38)44)22-12-11-20(40)15-25(22)34)13-14-23-26(24)29(42)39(28(23)41)19-9-7-18(8-10-19)37-17-5-3-2-4-6-17/h2-13,15,23-24,26-27,37,40H,14,16H2,1H3. The Balaban J connectivity index is 1.28. The van der Waals surface area contributed by atoms with E-state index in [1.807, 2.05) is 36.4 Å². The maximum atomic E-state index is 14.2. The van der Waals surface area contributed by atoms with Crippen molar-refractivity contribution >= 4 is 75.5 Å². The van der Waals surface area contributed by atoms with E-state index < -0.39 is 51.1 Å². The number of nitrogens with zero attached hydrogens (tertiary/aromatic N) is 2. The molecule has 7 rings (SSSR count). The number of carbonyl (C=O) groups excluding carboxylic acids is 4. The van der Waals surface area contributed by atoms with Gasteiger partial charge < -0.3 is 10.4 Å². The zero-order valence-electron chi connectivity index (χ0n) is 23.3. The maximum Gasteiger partial charge on any atom is 0.253 e. The Bertz CT molecular complexity index is 1780. The van der Waals surface area contributed by atoms with Crippen LogP contribution in [-0.4, -0.2) is 50.4 Å². The number of nitrogens with one attached hydrogen (secondary N) is 1. The van der Waals surface area contributed by atoms with Crippen molar-refractivity contribution in [2.75, 3.05) is 17.3 Å². The van der Waals surface area contributed by atoms with E-state index in [9.17, 15) is 24.3 Å². The van der Waals surface area contributed by atoms with Gasteiger partial charge in [-0.3, -0.25) is 29.0 Å². The lowest BCUT2D eigenvalue weighted by atomic mass is 9.56. The lowest BCUT2D eigenvalue weighted by molar-refractivity contribution is -0.138. The fraction of sp³-hybridized carbons (Fsp3) is 0.273. The van der Waals surface area contributed by atoms with Crippen LogP contribution in [0.1, 0.15) is 24.3 Å². The number of likely N-dealkylation sites (tertiary alicyclic amines) is 1. The van der Waals surface area contributed by atoms with Crippen LogP contribution in [0, 0.1) is 17.8 Å². The lowest BCUT2D eigenvalue weighted by Crippen LogP contribution is -2.60. The number of phenols is 1. The summed E-state index contributed by atoms with van der Waals surface area (Å²) in [7, 11) is 1.33. The number of hydrogen-bond donors (Lipinski definition) is 2. The first-order chi connectivity index (χ1) is 21.0. The van der Waals surface area contributed by atoms with Crippen molar-refractivity contribution in [3.8, 4) is 5.75 Å². The number of hydrogen-bond acceptors (Lipinski definition) is 6. The zero-order chi connectivity index (χ0) is 31.1. The van der Waals surface area contributed by atoms with Gasteiger partial charge in [-0.15, -0.1) is 23.2 Å². The third kappa shape index (κ3) is 3.90. The van der Waals surface area contributed by atoms with Crippen LogP contribution in [0.3, 0.4) is 0 Å². The van der Waals surface area contributed by atoms with E-state index in [4.69, 9.17) is 34.8 Å². The van der Waals surface area contributed by atoms with Crippen LogP contribution in [0.25, 0.3) is 0 Å². The number of aromatic hydroxyl groups is 1. The van der Waals surface area contributed by atoms with Gasteiger partial charge in [-0.1, -0.05) is 47.5 Å². The second-order valence-electron chi connectivity index (χ2n) is 11.8. The smallest absolute Gasteiger partial charge is 0.253 e. The Morgan fingerprint density at radius 1 is 0.864 bits per heavy atom. The first-order valence-corrected chi connectivity index (χ1v) is 15.3. The quantitative estimate of drug-likeness (QED) is 0.204. The van der Waals surface area contributed by atoms with Gasteiger partial charge in [0.15, 0.2) is 9.75 Å². The molecule has 2 aliphatic carbocycles. The summed E-state index contributed by atoms with van der Waals surface area (Å²) in [5.41, 5.74) is 3.15. The molecule has 2 aliphatic heterocycles. The van der Waals surface area contributed by atoms with E-state index in [2.05, 4.69) is 5.32 Å². The van der Waals surface area contributed by atoms with Crippen LogP contribution in [0.2, 0.25) is 5.02 Å². The minimum atomic E-state index is -1.94. The fourth-order valence-corrected chi connectivity index (χ4v) is 8.77. The molecule has 1 saturated carbocycles. The third-order valence-corrected chi connectivity index (χ3v) is 11.2. The number of benzene rings is 3. The molecule has 8 nitrogen and oxygen atoms in total. The summed E-state index contributed by atoms with van der Waals surface area (Å²) in [6.45, 7) is 0. The molecule has 6 atom stereocenters. The van der Waals surface area contributed by atoms with E-state index in [-0.39, 0.29) is 29.5 Å². The second-order valence-corrected chi connectivity index (χ2v) is 13.4. The molecule has 0 aromatic heterocycles. The van der Waals surface area contributed by atoms with E-state index in [0.717, 1.165) is 16.3 Å². The van der Waals surface area contributed by atoms with Crippen LogP contribution in [-0.2, 0) is 19.2 Å². The Hall–Kier alpha value is -3.85. The number of imide groups is 2. The minimum absolute atomic E-state index is 0.0901. The highest BCUT2D eigenvalue weighted by atomic mass is 35.5. The number of allylic oxidation sites excluding steroid dienone is 2. The number of phenolic OH excluding ortho intramolecular Hbond substituents is 1. The molecule has 3 aromatic carbocycles. The molecule has 224 valence electrons. The molecule has 6 unspecified atom stereocenters. The number of halogens is 3. The van der Waals surface area contributed by atoms with E-state index >= 15 is 0 Å². The van der Waals surface area contributed by atoms with Crippen molar-refractivity contribution < 1.29 is 24.3 Å². The van der Waals surface area contributed by atoms with Gasteiger partial charge in [0.2, 0.25) is 11.8 Å². The molecule has 2 saturated heterocycles. The number of rotatable bonds is 4. The molecule has 0 spiro atoms. The van der Waals surface area contributed by atoms with Gasteiger partial charge in [-0.25, -0.2) is 0 Å². The normalized spacial score (nSPS) is 31.0. The van der Waals surface area contributed by atoms with Gasteiger partial charge in [0.25, 0.3) is 11.8 Å². The van der Waals surface area contributed by atoms with Gasteiger partial charge in [0, 0.05) is 29.4 Å². The van der Waals surface area contributed by atoms with Crippen molar-refractivity contribution in [1.29, 1.82) is 0 Å². The topological polar surface area (TPSA) is 107 Å². The van der Waals surface area contributed by atoms with E-state index in [1.165, 1.54) is 24.1 Å². The molecule has 2 N–H and O–H groups in total. The summed E-state index contributed by atoms with van der Waals surface area (Å²) in [6, 6.07) is 20.9. The van der Waals surface area contributed by atoms with Crippen LogP contribution < -0.4 is 10.2 Å².